The Bertz CT molecular complexity index is 1820. The number of hydrogen-bond acceptors (Lipinski definition) is 6. The lowest BCUT2D eigenvalue weighted by molar-refractivity contribution is 0.451. The first kappa shape index (κ1) is 23.6. The van der Waals surface area contributed by atoms with Gasteiger partial charge in [0, 0.05) is 56.1 Å². The minimum atomic E-state index is -3.32. The zero-order valence-corrected chi connectivity index (χ0v) is 21.7. The first-order chi connectivity index (χ1) is 17.8. The Morgan fingerprint density at radius 2 is 1.81 bits per heavy atom. The molecule has 0 aliphatic carbocycles. The summed E-state index contributed by atoms with van der Waals surface area (Å²) >= 11 is 0. The van der Waals surface area contributed by atoms with Crippen molar-refractivity contribution >= 4 is 32.0 Å². The van der Waals surface area contributed by atoms with Crippen LogP contribution in [-0.2, 0) is 24.1 Å². The predicted molar refractivity (Wildman–Crippen MR) is 143 cm³/mol. The van der Waals surface area contributed by atoms with Crippen LogP contribution in [0.2, 0.25) is 0 Å². The lowest BCUT2D eigenvalue weighted by atomic mass is 10.0. The molecular weight excluding hydrogens is 490 g/mol. The summed E-state index contributed by atoms with van der Waals surface area (Å²) in [5.74, 6) is 0.0496. The molecule has 11 heteroatoms. The Labute approximate surface area is 213 Å². The van der Waals surface area contributed by atoms with Crippen molar-refractivity contribution in [2.24, 2.45) is 14.1 Å². The molecule has 1 aliphatic rings. The Hall–Kier alpha value is -3.83. The van der Waals surface area contributed by atoms with Crippen molar-refractivity contribution in [1.82, 2.24) is 33.2 Å². The van der Waals surface area contributed by atoms with E-state index in [0.717, 1.165) is 44.3 Å². The van der Waals surface area contributed by atoms with Crippen LogP contribution in [0.3, 0.4) is 0 Å². The van der Waals surface area contributed by atoms with Crippen LogP contribution >= 0.6 is 0 Å². The number of sulfonamides is 1. The van der Waals surface area contributed by atoms with Gasteiger partial charge in [-0.3, -0.25) is 23.8 Å². The van der Waals surface area contributed by atoms with E-state index < -0.39 is 10.0 Å². The van der Waals surface area contributed by atoms with Crippen molar-refractivity contribution < 1.29 is 8.42 Å². The van der Waals surface area contributed by atoms with Crippen LogP contribution in [0.5, 0.6) is 0 Å². The predicted octanol–water partition coefficient (Wildman–Crippen LogP) is 2.95. The normalized spacial score (nSPS) is 16.8. The van der Waals surface area contributed by atoms with Gasteiger partial charge in [-0.25, -0.2) is 13.2 Å². The fourth-order valence-electron chi connectivity index (χ4n) is 5.19. The monoisotopic (exact) mass is 517 g/mol. The molecule has 0 spiro atoms. The molecule has 10 nitrogen and oxygen atoms in total. The number of imidazole rings is 1. The van der Waals surface area contributed by atoms with Crippen LogP contribution in [0.1, 0.15) is 19.4 Å². The van der Waals surface area contributed by atoms with E-state index in [0.29, 0.717) is 19.5 Å². The van der Waals surface area contributed by atoms with Gasteiger partial charge in [-0.2, -0.15) is 9.40 Å². The van der Waals surface area contributed by atoms with E-state index >= 15 is 0 Å². The van der Waals surface area contributed by atoms with E-state index in [1.165, 1.54) is 4.31 Å². The number of hydrogen-bond donors (Lipinski definition) is 0. The zero-order chi connectivity index (χ0) is 25.9. The lowest BCUT2D eigenvalue weighted by Gasteiger charge is -2.16. The van der Waals surface area contributed by atoms with Gasteiger partial charge in [0.1, 0.15) is 0 Å². The van der Waals surface area contributed by atoms with E-state index in [1.807, 2.05) is 49.8 Å². The molecule has 1 aliphatic heterocycles. The van der Waals surface area contributed by atoms with Gasteiger partial charge in [0.2, 0.25) is 10.0 Å². The standard InChI is InChI=1S/C26H27N7O3S/c1-4-37(35,36)32-10-9-20(16-32)33-25-21-11-17(5-8-23(21)28-14-24(25)31(3)26(33)34)18-6-7-22(27-12-18)19-13-29-30(2)15-19/h5-8,11-15,20H,4,9-10,16H2,1-3H3. The second-order valence-corrected chi connectivity index (χ2v) is 11.7. The summed E-state index contributed by atoms with van der Waals surface area (Å²) in [5, 5.41) is 5.06. The smallest absolute Gasteiger partial charge is 0.293 e. The first-order valence-electron chi connectivity index (χ1n) is 12.2. The summed E-state index contributed by atoms with van der Waals surface area (Å²) < 4.78 is 31.5. The molecular formula is C26H27N7O3S. The molecule has 5 aromatic rings. The highest BCUT2D eigenvalue weighted by Crippen LogP contribution is 2.32. The van der Waals surface area contributed by atoms with Gasteiger partial charge in [-0.05, 0) is 37.1 Å². The Balaban J connectivity index is 1.46. The number of nitrogens with zero attached hydrogens (tertiary/aromatic N) is 7. The second kappa shape index (κ2) is 8.63. The third-order valence-corrected chi connectivity index (χ3v) is 9.11. The number of aromatic nitrogens is 6. The topological polar surface area (TPSA) is 108 Å². The summed E-state index contributed by atoms with van der Waals surface area (Å²) in [6, 6.07) is 9.73. The maximum Gasteiger partial charge on any atom is 0.329 e. The van der Waals surface area contributed by atoms with Gasteiger partial charge in [0.25, 0.3) is 0 Å². The molecule has 1 saturated heterocycles. The summed E-state index contributed by atoms with van der Waals surface area (Å²) in [7, 11) is 0.284. The molecule has 5 heterocycles. The zero-order valence-electron chi connectivity index (χ0n) is 20.9. The Morgan fingerprint density at radius 1 is 1.00 bits per heavy atom. The molecule has 1 atom stereocenters. The van der Waals surface area contributed by atoms with Gasteiger partial charge < -0.3 is 0 Å². The summed E-state index contributed by atoms with van der Waals surface area (Å²) in [6.45, 7) is 2.34. The van der Waals surface area contributed by atoms with Crippen molar-refractivity contribution in [2.75, 3.05) is 18.8 Å². The van der Waals surface area contributed by atoms with Crippen LogP contribution < -0.4 is 5.69 Å². The maximum absolute atomic E-state index is 13.4. The van der Waals surface area contributed by atoms with Crippen molar-refractivity contribution in [3.63, 3.8) is 0 Å². The lowest BCUT2D eigenvalue weighted by Crippen LogP contribution is -2.32. The molecule has 0 N–H and O–H groups in total. The van der Waals surface area contributed by atoms with Gasteiger partial charge in [0.15, 0.2) is 0 Å². The highest BCUT2D eigenvalue weighted by atomic mass is 32.2. The van der Waals surface area contributed by atoms with Crippen LogP contribution in [-0.4, -0.2) is 60.4 Å². The number of aryl methyl sites for hydroxylation is 2. The fourth-order valence-corrected chi connectivity index (χ4v) is 6.34. The molecule has 1 unspecified atom stereocenters. The molecule has 0 amide bonds. The third-order valence-electron chi connectivity index (χ3n) is 7.26. The van der Waals surface area contributed by atoms with E-state index in [1.54, 1.807) is 40.2 Å². The highest BCUT2D eigenvalue weighted by Gasteiger charge is 2.33. The summed E-state index contributed by atoms with van der Waals surface area (Å²) in [6.07, 6.45) is 7.84. The van der Waals surface area contributed by atoms with E-state index in [9.17, 15) is 13.2 Å². The van der Waals surface area contributed by atoms with Crippen molar-refractivity contribution in [2.45, 2.75) is 19.4 Å². The summed E-state index contributed by atoms with van der Waals surface area (Å²) in [5.41, 5.74) is 5.78. The van der Waals surface area contributed by atoms with E-state index in [4.69, 9.17) is 0 Å². The van der Waals surface area contributed by atoms with Gasteiger partial charge in [-0.15, -0.1) is 0 Å². The fraction of sp³-hybridized carbons (Fsp3) is 0.308. The number of fused-ring (bicyclic) bond motifs is 3. The van der Waals surface area contributed by atoms with E-state index in [2.05, 4.69) is 15.1 Å². The number of pyridine rings is 2. The molecule has 0 saturated carbocycles. The molecule has 4 aromatic heterocycles. The molecule has 1 fully saturated rings. The minimum absolute atomic E-state index is 0.0496. The quantitative estimate of drug-likeness (QED) is 0.355. The minimum Gasteiger partial charge on any atom is -0.293 e. The van der Waals surface area contributed by atoms with Gasteiger partial charge in [-0.1, -0.05) is 12.1 Å². The third kappa shape index (κ3) is 3.85. The van der Waals surface area contributed by atoms with Gasteiger partial charge >= 0.3 is 5.69 Å². The van der Waals surface area contributed by atoms with Crippen LogP contribution in [0.15, 0.2) is 59.9 Å². The molecule has 37 heavy (non-hydrogen) atoms. The Kier molecular flexibility index (Phi) is 5.50. The van der Waals surface area contributed by atoms with E-state index in [-0.39, 0.29) is 17.5 Å². The van der Waals surface area contributed by atoms with Crippen molar-refractivity contribution in [3.05, 3.63) is 65.6 Å². The van der Waals surface area contributed by atoms with Crippen LogP contribution in [0.4, 0.5) is 0 Å². The highest BCUT2D eigenvalue weighted by molar-refractivity contribution is 7.89. The average Bonchev–Trinajstić information content (AvgIpc) is 3.63. The first-order valence-corrected chi connectivity index (χ1v) is 13.8. The second-order valence-electron chi connectivity index (χ2n) is 9.47. The SMILES string of the molecule is CCS(=O)(=O)N1CCC(n2c(=O)n(C)c3cnc4ccc(-c5ccc(-c6cnn(C)c6)nc5)cc4c32)C1. The molecule has 6 rings (SSSR count). The number of benzene rings is 1. The van der Waals surface area contributed by atoms with Crippen molar-refractivity contribution in [1.29, 1.82) is 0 Å². The van der Waals surface area contributed by atoms with Crippen molar-refractivity contribution in [3.8, 4) is 22.4 Å². The van der Waals surface area contributed by atoms with Crippen LogP contribution in [0, 0.1) is 0 Å². The molecule has 0 radical (unpaired) electrons. The van der Waals surface area contributed by atoms with Crippen LogP contribution in [0.25, 0.3) is 44.3 Å². The molecule has 0 bridgehead atoms. The number of rotatable bonds is 5. The maximum atomic E-state index is 13.4. The Morgan fingerprint density at radius 3 is 2.51 bits per heavy atom. The van der Waals surface area contributed by atoms with Gasteiger partial charge in [0.05, 0.1) is 46.4 Å². The average molecular weight is 518 g/mol. The molecule has 190 valence electrons. The largest absolute Gasteiger partial charge is 0.329 e. The molecule has 1 aromatic carbocycles. The summed E-state index contributed by atoms with van der Waals surface area (Å²) in [4.78, 5) is 22.6.